The molecule has 15 heavy (non-hydrogen) atoms. The Labute approximate surface area is 98.6 Å². The van der Waals surface area contributed by atoms with Gasteiger partial charge in [-0.3, -0.25) is 0 Å². The van der Waals surface area contributed by atoms with Gasteiger partial charge < -0.3 is 0 Å². The third kappa shape index (κ3) is 3.08. The number of benzene rings is 1. The lowest BCUT2D eigenvalue weighted by Gasteiger charge is -1.97. The van der Waals surface area contributed by atoms with Crippen molar-refractivity contribution < 1.29 is 0 Å². The van der Waals surface area contributed by atoms with E-state index in [2.05, 4.69) is 36.2 Å². The number of thioether (sulfide) groups is 1. The summed E-state index contributed by atoms with van der Waals surface area (Å²) in [5, 5.41) is 1.22. The lowest BCUT2D eigenvalue weighted by Crippen LogP contribution is -1.76. The number of rotatable bonds is 4. The van der Waals surface area contributed by atoms with Crippen molar-refractivity contribution in [1.82, 2.24) is 4.98 Å². The average molecular weight is 235 g/mol. The van der Waals surface area contributed by atoms with E-state index in [9.17, 15) is 0 Å². The summed E-state index contributed by atoms with van der Waals surface area (Å²) < 4.78 is 0. The molecular weight excluding hydrogens is 222 g/mol. The van der Waals surface area contributed by atoms with Gasteiger partial charge in [0.1, 0.15) is 5.01 Å². The summed E-state index contributed by atoms with van der Waals surface area (Å²) >= 11 is 3.67. The zero-order valence-corrected chi connectivity index (χ0v) is 10.3. The zero-order valence-electron chi connectivity index (χ0n) is 8.64. The van der Waals surface area contributed by atoms with Crippen LogP contribution in [0.1, 0.15) is 16.8 Å². The molecule has 2 rings (SSSR count). The second-order valence-electron chi connectivity index (χ2n) is 3.18. The molecule has 1 nitrogen and oxygen atoms in total. The van der Waals surface area contributed by atoms with Gasteiger partial charge >= 0.3 is 0 Å². The van der Waals surface area contributed by atoms with Gasteiger partial charge in [-0.15, -0.1) is 23.1 Å². The van der Waals surface area contributed by atoms with E-state index in [1.54, 1.807) is 0 Å². The third-order valence-electron chi connectivity index (χ3n) is 2.06. The van der Waals surface area contributed by atoms with E-state index in [0.29, 0.717) is 0 Å². The van der Waals surface area contributed by atoms with Crippen molar-refractivity contribution in [3.05, 3.63) is 46.4 Å². The van der Waals surface area contributed by atoms with E-state index in [4.69, 9.17) is 0 Å². The molecule has 0 saturated heterocycles. The van der Waals surface area contributed by atoms with E-state index in [1.165, 1.54) is 14.8 Å². The molecule has 0 atom stereocenters. The molecule has 0 aliphatic rings. The van der Waals surface area contributed by atoms with Crippen LogP contribution < -0.4 is 0 Å². The Bertz CT molecular complexity index is 409. The van der Waals surface area contributed by atoms with Crippen molar-refractivity contribution in [3.8, 4) is 0 Å². The van der Waals surface area contributed by atoms with Gasteiger partial charge in [-0.05, 0) is 18.6 Å². The molecule has 1 aromatic heterocycles. The monoisotopic (exact) mass is 235 g/mol. The molecule has 0 unspecified atom stereocenters. The molecule has 0 aliphatic carbocycles. The summed E-state index contributed by atoms with van der Waals surface area (Å²) in [6.07, 6.45) is 3.08. The van der Waals surface area contributed by atoms with Gasteiger partial charge in [0, 0.05) is 16.0 Å². The Morgan fingerprint density at radius 1 is 1.27 bits per heavy atom. The molecule has 1 aromatic carbocycles. The van der Waals surface area contributed by atoms with Crippen molar-refractivity contribution in [2.24, 2.45) is 0 Å². The second kappa shape index (κ2) is 5.33. The summed E-state index contributed by atoms with van der Waals surface area (Å²) in [7, 11) is 0. The quantitative estimate of drug-likeness (QED) is 0.743. The smallest absolute Gasteiger partial charge is 0.103 e. The highest BCUT2D eigenvalue weighted by Crippen LogP contribution is 2.24. The molecule has 2 aromatic rings. The number of hydrogen-bond acceptors (Lipinski definition) is 3. The predicted octanol–water partition coefficient (Wildman–Crippen LogP) is 4.00. The van der Waals surface area contributed by atoms with Crippen LogP contribution >= 0.6 is 23.1 Å². The van der Waals surface area contributed by atoms with Gasteiger partial charge in [0.05, 0.1) is 5.75 Å². The zero-order chi connectivity index (χ0) is 10.5. The predicted molar refractivity (Wildman–Crippen MR) is 67.5 cm³/mol. The molecule has 0 fully saturated rings. The Morgan fingerprint density at radius 2 is 2.07 bits per heavy atom. The molecule has 0 bridgehead atoms. The van der Waals surface area contributed by atoms with Crippen molar-refractivity contribution in [1.29, 1.82) is 0 Å². The van der Waals surface area contributed by atoms with Crippen LogP contribution in [0.2, 0.25) is 0 Å². The molecule has 0 aliphatic heterocycles. The fourth-order valence-corrected chi connectivity index (χ4v) is 3.02. The number of aromatic nitrogens is 1. The van der Waals surface area contributed by atoms with Gasteiger partial charge in [-0.2, -0.15) is 0 Å². The lowest BCUT2D eigenvalue weighted by atomic mass is 10.4. The number of hydrogen-bond donors (Lipinski definition) is 0. The van der Waals surface area contributed by atoms with E-state index < -0.39 is 0 Å². The van der Waals surface area contributed by atoms with Crippen LogP contribution in [0.5, 0.6) is 0 Å². The SMILES string of the molecule is CCc1cnc(CSc2ccccc2)s1. The topological polar surface area (TPSA) is 12.9 Å². The average Bonchev–Trinajstić information content (AvgIpc) is 2.76. The normalized spacial score (nSPS) is 10.5. The minimum Gasteiger partial charge on any atom is -0.249 e. The first kappa shape index (κ1) is 10.7. The van der Waals surface area contributed by atoms with Crippen LogP contribution in [0, 0.1) is 0 Å². The summed E-state index contributed by atoms with van der Waals surface area (Å²) in [5.41, 5.74) is 0. The Hall–Kier alpha value is -0.800. The number of nitrogens with zero attached hydrogens (tertiary/aromatic N) is 1. The highest BCUT2D eigenvalue weighted by atomic mass is 32.2. The number of aryl methyl sites for hydroxylation is 1. The van der Waals surface area contributed by atoms with Gasteiger partial charge in [0.15, 0.2) is 0 Å². The first-order valence-electron chi connectivity index (χ1n) is 5.00. The van der Waals surface area contributed by atoms with E-state index in [1.807, 2.05) is 35.4 Å². The minimum absolute atomic E-state index is 0.981. The van der Waals surface area contributed by atoms with Crippen LogP contribution in [-0.2, 0) is 12.2 Å². The Balaban J connectivity index is 1.93. The second-order valence-corrected chi connectivity index (χ2v) is 5.42. The maximum absolute atomic E-state index is 4.40. The Kier molecular flexibility index (Phi) is 3.80. The summed E-state index contributed by atoms with van der Waals surface area (Å²) in [6, 6.07) is 10.5. The first-order valence-corrected chi connectivity index (χ1v) is 6.80. The number of thiazole rings is 1. The highest BCUT2D eigenvalue weighted by molar-refractivity contribution is 7.98. The maximum atomic E-state index is 4.40. The molecule has 0 spiro atoms. The fraction of sp³-hybridized carbons (Fsp3) is 0.250. The molecule has 0 radical (unpaired) electrons. The van der Waals surface area contributed by atoms with E-state index in [0.717, 1.165) is 12.2 Å². The molecule has 3 heteroatoms. The van der Waals surface area contributed by atoms with Gasteiger partial charge in [0.25, 0.3) is 0 Å². The summed E-state index contributed by atoms with van der Waals surface area (Å²) in [5.74, 6) is 0.981. The molecule has 78 valence electrons. The van der Waals surface area contributed by atoms with Crippen molar-refractivity contribution in [3.63, 3.8) is 0 Å². The van der Waals surface area contributed by atoms with Crippen LogP contribution in [0.25, 0.3) is 0 Å². The van der Waals surface area contributed by atoms with Crippen molar-refractivity contribution in [2.45, 2.75) is 24.0 Å². The van der Waals surface area contributed by atoms with Crippen molar-refractivity contribution >= 4 is 23.1 Å². The van der Waals surface area contributed by atoms with Crippen LogP contribution in [0.15, 0.2) is 41.4 Å². The highest BCUT2D eigenvalue weighted by Gasteiger charge is 2.01. The molecule has 0 amide bonds. The minimum atomic E-state index is 0.981. The molecular formula is C12H13NS2. The molecule has 1 heterocycles. The first-order chi connectivity index (χ1) is 7.38. The van der Waals surface area contributed by atoms with Crippen LogP contribution in [0.4, 0.5) is 0 Å². The van der Waals surface area contributed by atoms with Crippen LogP contribution in [0.3, 0.4) is 0 Å². The standard InChI is InChI=1S/C12H13NS2/c1-2-10-8-13-12(15-10)9-14-11-6-4-3-5-7-11/h3-8H,2,9H2,1H3. The molecule has 0 N–H and O–H groups in total. The van der Waals surface area contributed by atoms with E-state index in [-0.39, 0.29) is 0 Å². The van der Waals surface area contributed by atoms with Gasteiger partial charge in [-0.25, -0.2) is 4.98 Å². The van der Waals surface area contributed by atoms with Crippen LogP contribution in [-0.4, -0.2) is 4.98 Å². The Morgan fingerprint density at radius 3 is 2.73 bits per heavy atom. The van der Waals surface area contributed by atoms with Crippen molar-refractivity contribution in [2.75, 3.05) is 0 Å². The summed E-state index contributed by atoms with van der Waals surface area (Å²) in [6.45, 7) is 2.17. The third-order valence-corrected chi connectivity index (χ3v) is 4.40. The largest absolute Gasteiger partial charge is 0.249 e. The van der Waals surface area contributed by atoms with Gasteiger partial charge in [-0.1, -0.05) is 25.1 Å². The lowest BCUT2D eigenvalue weighted by molar-refractivity contribution is 1.16. The maximum Gasteiger partial charge on any atom is 0.103 e. The van der Waals surface area contributed by atoms with E-state index >= 15 is 0 Å². The fourth-order valence-electron chi connectivity index (χ4n) is 1.24. The summed E-state index contributed by atoms with van der Waals surface area (Å²) in [4.78, 5) is 7.08. The van der Waals surface area contributed by atoms with Gasteiger partial charge in [0.2, 0.25) is 0 Å². The molecule has 0 saturated carbocycles.